The second-order valence-electron chi connectivity index (χ2n) is 3.92. The van der Waals surface area contributed by atoms with Gasteiger partial charge < -0.3 is 10.6 Å². The number of benzene rings is 1. The molecule has 4 amide bonds. The predicted molar refractivity (Wildman–Crippen MR) is 61.1 cm³/mol. The van der Waals surface area contributed by atoms with Crippen LogP contribution in [0.4, 0.5) is 14.9 Å². The Hall–Kier alpha value is -1.96. The highest BCUT2D eigenvalue weighted by atomic mass is 79.9. The molecule has 1 fully saturated rings. The third kappa shape index (κ3) is 1.18. The van der Waals surface area contributed by atoms with E-state index >= 15 is 0 Å². The second kappa shape index (κ2) is 3.29. The normalized spacial score (nSPS) is 24.9. The molecule has 92 valence electrons. The molecule has 2 heterocycles. The first-order valence-electron chi connectivity index (χ1n) is 4.90. The summed E-state index contributed by atoms with van der Waals surface area (Å²) in [5.41, 5.74) is -1.52. The highest BCUT2D eigenvalue weighted by Gasteiger charge is 2.59. The molecule has 0 saturated carbocycles. The van der Waals surface area contributed by atoms with Crippen LogP contribution < -0.4 is 16.0 Å². The molecule has 0 aromatic heterocycles. The van der Waals surface area contributed by atoms with E-state index in [4.69, 9.17) is 0 Å². The van der Waals surface area contributed by atoms with E-state index < -0.39 is 29.2 Å². The third-order valence-corrected chi connectivity index (χ3v) is 3.53. The first kappa shape index (κ1) is 11.1. The molecule has 1 aromatic carbocycles. The summed E-state index contributed by atoms with van der Waals surface area (Å²) in [6, 6.07) is 1.42. The quantitative estimate of drug-likeness (QED) is 0.483. The smallest absolute Gasteiger partial charge is 0.322 e. The van der Waals surface area contributed by atoms with Gasteiger partial charge in [0.1, 0.15) is 5.82 Å². The van der Waals surface area contributed by atoms with Crippen LogP contribution in [0.25, 0.3) is 0 Å². The maximum Gasteiger partial charge on any atom is 0.323 e. The van der Waals surface area contributed by atoms with Crippen molar-refractivity contribution in [2.75, 3.05) is 5.32 Å². The van der Waals surface area contributed by atoms with Gasteiger partial charge in [-0.3, -0.25) is 14.9 Å². The lowest BCUT2D eigenvalue weighted by Gasteiger charge is -2.17. The van der Waals surface area contributed by atoms with Crippen LogP contribution >= 0.6 is 15.9 Å². The van der Waals surface area contributed by atoms with Crippen molar-refractivity contribution in [3.8, 4) is 0 Å². The Morgan fingerprint density at radius 2 is 1.78 bits per heavy atom. The van der Waals surface area contributed by atoms with Crippen molar-refractivity contribution >= 4 is 39.5 Å². The van der Waals surface area contributed by atoms with Crippen LogP contribution in [0.1, 0.15) is 5.56 Å². The maximum absolute atomic E-state index is 13.4. The third-order valence-electron chi connectivity index (χ3n) is 2.91. The van der Waals surface area contributed by atoms with Gasteiger partial charge in [-0.05, 0) is 28.1 Å². The number of urea groups is 1. The summed E-state index contributed by atoms with van der Waals surface area (Å²) < 4.78 is 13.7. The first-order valence-corrected chi connectivity index (χ1v) is 5.69. The van der Waals surface area contributed by atoms with Gasteiger partial charge in [0.2, 0.25) is 5.54 Å². The van der Waals surface area contributed by atoms with Gasteiger partial charge in [0.25, 0.3) is 11.8 Å². The Bertz CT molecular complexity index is 633. The van der Waals surface area contributed by atoms with E-state index in [-0.39, 0.29) is 11.3 Å². The van der Waals surface area contributed by atoms with Crippen LogP contribution in [0.15, 0.2) is 16.6 Å². The largest absolute Gasteiger partial charge is 0.323 e. The van der Waals surface area contributed by atoms with Gasteiger partial charge in [-0.2, -0.15) is 0 Å². The van der Waals surface area contributed by atoms with Crippen molar-refractivity contribution in [2.24, 2.45) is 0 Å². The Balaban J connectivity index is 2.30. The predicted octanol–water partition coefficient (Wildman–Crippen LogP) is 0.575. The molecule has 3 N–H and O–H groups in total. The molecule has 1 unspecified atom stereocenters. The van der Waals surface area contributed by atoms with Gasteiger partial charge in [0.05, 0.1) is 5.69 Å². The van der Waals surface area contributed by atoms with E-state index in [0.717, 1.165) is 12.1 Å². The maximum atomic E-state index is 13.4. The number of hydrogen-bond donors (Lipinski definition) is 3. The zero-order valence-electron chi connectivity index (χ0n) is 8.64. The fourth-order valence-electron chi connectivity index (χ4n) is 2.13. The Kier molecular flexibility index (Phi) is 2.03. The van der Waals surface area contributed by atoms with Gasteiger partial charge in [-0.1, -0.05) is 0 Å². The van der Waals surface area contributed by atoms with Crippen LogP contribution in [-0.4, -0.2) is 17.8 Å². The van der Waals surface area contributed by atoms with Gasteiger partial charge in [0.15, 0.2) is 0 Å². The van der Waals surface area contributed by atoms with E-state index in [9.17, 15) is 18.8 Å². The molecule has 3 rings (SSSR count). The van der Waals surface area contributed by atoms with Crippen molar-refractivity contribution in [1.29, 1.82) is 0 Å². The topological polar surface area (TPSA) is 87.3 Å². The van der Waals surface area contributed by atoms with Gasteiger partial charge in [0, 0.05) is 10.0 Å². The molecule has 8 heteroatoms. The summed E-state index contributed by atoms with van der Waals surface area (Å²) in [6.45, 7) is 0. The van der Waals surface area contributed by atoms with E-state index in [1.54, 1.807) is 0 Å². The highest BCUT2D eigenvalue weighted by Crippen LogP contribution is 2.42. The second-order valence-corrected chi connectivity index (χ2v) is 4.78. The number of amides is 4. The van der Waals surface area contributed by atoms with Crippen LogP contribution in [0.3, 0.4) is 0 Å². The number of rotatable bonds is 0. The molecule has 6 nitrogen and oxygen atoms in total. The number of imide groups is 1. The molecule has 1 atom stereocenters. The molecule has 0 bridgehead atoms. The SMILES string of the molecule is O=C1NC(=O)C2(N1)C(=O)Nc1c(Br)cc(F)cc12. The standard InChI is InChI=1S/C10H5BrFN3O3/c11-5-2-3(12)1-4-6(5)13-7(16)10(4)8(17)14-9(18)15-10/h1-2H,(H,13,16)(H2,14,15,17,18). The summed E-state index contributed by atoms with van der Waals surface area (Å²) in [5.74, 6) is -2.15. The zero-order valence-corrected chi connectivity index (χ0v) is 10.2. The highest BCUT2D eigenvalue weighted by molar-refractivity contribution is 9.10. The lowest BCUT2D eigenvalue weighted by molar-refractivity contribution is -0.132. The number of halogens is 2. The Labute approximate surface area is 108 Å². The van der Waals surface area contributed by atoms with Crippen LogP contribution in [0.5, 0.6) is 0 Å². The first-order chi connectivity index (χ1) is 8.45. The molecule has 1 aromatic rings. The number of hydrogen-bond acceptors (Lipinski definition) is 3. The van der Waals surface area contributed by atoms with Gasteiger partial charge in [-0.15, -0.1) is 0 Å². The lowest BCUT2D eigenvalue weighted by Crippen LogP contribution is -2.49. The summed E-state index contributed by atoms with van der Waals surface area (Å²) >= 11 is 3.09. The van der Waals surface area contributed by atoms with Crippen LogP contribution in [-0.2, 0) is 15.1 Å². The van der Waals surface area contributed by atoms with Crippen molar-refractivity contribution < 1.29 is 18.8 Å². The Morgan fingerprint density at radius 1 is 1.11 bits per heavy atom. The molecule has 18 heavy (non-hydrogen) atoms. The van der Waals surface area contributed by atoms with Crippen molar-refractivity contribution in [1.82, 2.24) is 10.6 Å². The molecule has 0 aliphatic carbocycles. The minimum absolute atomic E-state index is 0.0859. The van der Waals surface area contributed by atoms with Gasteiger partial charge in [-0.25, -0.2) is 9.18 Å². The fraction of sp³-hybridized carbons (Fsp3) is 0.100. The summed E-state index contributed by atoms with van der Waals surface area (Å²) in [4.78, 5) is 35.0. The van der Waals surface area contributed by atoms with Crippen molar-refractivity contribution in [3.63, 3.8) is 0 Å². The van der Waals surface area contributed by atoms with Crippen molar-refractivity contribution in [3.05, 3.63) is 28.0 Å². The van der Waals surface area contributed by atoms with Crippen LogP contribution in [0.2, 0.25) is 0 Å². The molecule has 2 aliphatic rings. The summed E-state index contributed by atoms with van der Waals surface area (Å²) in [7, 11) is 0. The molecule has 1 saturated heterocycles. The van der Waals surface area contributed by atoms with E-state index in [1.165, 1.54) is 0 Å². The average molecular weight is 314 g/mol. The van der Waals surface area contributed by atoms with Crippen LogP contribution in [0, 0.1) is 5.82 Å². The van der Waals surface area contributed by atoms with E-state index in [0.29, 0.717) is 4.47 Å². The lowest BCUT2D eigenvalue weighted by atomic mass is 9.91. The fourth-order valence-corrected chi connectivity index (χ4v) is 2.66. The number of carbonyl (C=O) groups is 3. The minimum atomic E-state index is -1.88. The molecular formula is C10H5BrFN3O3. The summed E-state index contributed by atoms with van der Waals surface area (Å²) in [5, 5.41) is 6.66. The molecule has 1 spiro atoms. The zero-order chi connectivity index (χ0) is 13.1. The minimum Gasteiger partial charge on any atom is -0.322 e. The molecule has 0 radical (unpaired) electrons. The van der Waals surface area contributed by atoms with Gasteiger partial charge >= 0.3 is 6.03 Å². The number of anilines is 1. The molecule has 2 aliphatic heterocycles. The van der Waals surface area contributed by atoms with E-state index in [2.05, 4.69) is 26.6 Å². The number of fused-ring (bicyclic) bond motifs is 2. The monoisotopic (exact) mass is 313 g/mol. The average Bonchev–Trinajstić information content (AvgIpc) is 2.71. The molecular weight excluding hydrogens is 309 g/mol. The van der Waals surface area contributed by atoms with Crippen molar-refractivity contribution in [2.45, 2.75) is 5.54 Å². The number of nitrogens with one attached hydrogen (secondary N) is 3. The van der Waals surface area contributed by atoms with E-state index in [1.807, 2.05) is 5.32 Å². The number of carbonyl (C=O) groups excluding carboxylic acids is 3. The summed E-state index contributed by atoms with van der Waals surface area (Å²) in [6.07, 6.45) is 0. The Morgan fingerprint density at radius 3 is 2.39 bits per heavy atom.